The van der Waals surface area contributed by atoms with Gasteiger partial charge in [0.05, 0.1) is 109 Å². The Morgan fingerprint density at radius 2 is 0.614 bits per heavy atom. The number of hydrogen-bond donors (Lipinski definition) is 14. The van der Waals surface area contributed by atoms with Crippen LogP contribution < -0.4 is 0 Å². The molecule has 50 heteroatoms. The van der Waals surface area contributed by atoms with Gasteiger partial charge in [0.2, 0.25) is 0 Å². The van der Waals surface area contributed by atoms with E-state index in [-0.39, 0.29) is 140 Å². The van der Waals surface area contributed by atoms with Crippen LogP contribution in [0.1, 0.15) is 203 Å². The maximum atomic E-state index is 13.4. The first-order valence-corrected chi connectivity index (χ1v) is 51.4. The second kappa shape index (κ2) is 58.4. The van der Waals surface area contributed by atoms with Crippen molar-refractivity contribution in [1.29, 1.82) is 0 Å². The number of ketones is 3. The summed E-state index contributed by atoms with van der Waals surface area (Å²) in [6, 6.07) is 0. The molecule has 0 aromatic carbocycles. The number of Topliss-reactive ketones (excluding diaryl/α,β-unsaturated/α-hetero) is 3. The summed E-state index contributed by atoms with van der Waals surface area (Å²) >= 11 is 0. The predicted molar refractivity (Wildman–Crippen MR) is 440 cm³/mol. The lowest BCUT2D eigenvalue weighted by Crippen LogP contribution is -2.55. The van der Waals surface area contributed by atoms with E-state index < -0.39 is 239 Å². The number of carbonyl (C=O) groups is 3. The number of phosphoric ester groups is 5. The molecule has 14 unspecified atom stereocenters. The van der Waals surface area contributed by atoms with Gasteiger partial charge in [-0.1, -0.05) is 85.5 Å². The summed E-state index contributed by atoms with van der Waals surface area (Å²) in [5, 5.41) is 90.4. The lowest BCUT2D eigenvalue weighted by molar-refractivity contribution is -0.280. The molecule has 127 heavy (non-hydrogen) atoms. The van der Waals surface area contributed by atoms with Crippen molar-refractivity contribution in [2.75, 3.05) is 119 Å². The molecule has 45 nitrogen and oxygen atoms in total. The highest BCUT2D eigenvalue weighted by atomic mass is 31.2. The fourth-order valence-electron chi connectivity index (χ4n) is 14.3. The van der Waals surface area contributed by atoms with E-state index in [2.05, 4.69) is 0 Å². The Labute approximate surface area is 741 Å². The Hall–Kier alpha value is -1.32. The van der Waals surface area contributed by atoms with E-state index in [9.17, 15) is 108 Å². The van der Waals surface area contributed by atoms with Crippen LogP contribution in [0.2, 0.25) is 0 Å². The van der Waals surface area contributed by atoms with Gasteiger partial charge in [-0.2, -0.15) is 0 Å². The van der Waals surface area contributed by atoms with Crippen LogP contribution in [-0.2, 0) is 144 Å². The standard InChI is InChI=1S/C77H143O45P5/c1-50-60(41-78)118-74(51(2)69(50)85)103-44-54(81)26-17-11-8-14-20-29-100-66-38-57(84)63(115-66)47-112-123(90,91)108-34-24-36-110-126(96,97)122-59-40-68(102-31-22-16-10-13-19-28-56(83)46-105-76-53(4)71(87)73(89)62(43-80)120-76)117-65(59)49-114-125(94,95)109-35-25-37-111-127(98,99)121-58-39-67(116-64(58)48-113-124(92,93)107-33-23-32-106-77(5,6)7)101-30-21-15-9-12-18-27-55(82)45-104-75-52(3)70(86)72(88)61(42-79)119-75/h50-53,57-76,78-80,84-89H,8-49H2,1-7H3,(H,90,91)(H,92,93)(H,94,95)(H,96,97)(H,98,99)/t50-,51?,52?,53?,57+,58+,59+,60?,61?,62?,63?,64?,65?,66+,67+,68+,69-,70+,71+,72-,73-,74+,75+,76+/m0/s1. The van der Waals surface area contributed by atoms with Crippen LogP contribution in [-0.4, -0.2) is 335 Å². The van der Waals surface area contributed by atoms with Gasteiger partial charge in [0.1, 0.15) is 74.8 Å². The molecule has 0 bridgehead atoms. The van der Waals surface area contributed by atoms with Gasteiger partial charge in [-0.25, -0.2) is 22.8 Å². The molecule has 0 aliphatic carbocycles. The minimum absolute atomic E-state index is 0.0462. The molecular weight excluding hydrogens is 1800 g/mol. The van der Waals surface area contributed by atoms with Crippen molar-refractivity contribution < 1.29 is 214 Å². The van der Waals surface area contributed by atoms with Crippen molar-refractivity contribution in [2.45, 2.75) is 331 Å². The van der Waals surface area contributed by atoms with Crippen LogP contribution in [0.15, 0.2) is 0 Å². The third kappa shape index (κ3) is 43.9. The SMILES string of the molecule is CC1[C@H](OCC(=O)CCCCCCCO[C@H]2C[C@@H](O)C(COP(=O)(O)OCCCOP(=O)(O)O[C@@H]3C[C@H](OCCCCCCCC(=O)CO[C@@H]4OC(CO)[C@H](O)[C@H](O)C4C)OC3COP(=O)(O)OCCCOP(=O)(O)O[C@@H]3C[C@H](OCCCCCCCC(=O)CO[C@@H]4OC(CO)[C@H](O)[C@H](O)C4C)OC3COP(=O)(O)OCCCOC(C)(C)C)O2)OC(CO)[C@H](C)[C@@H]1O. The van der Waals surface area contributed by atoms with Crippen molar-refractivity contribution in [3.63, 3.8) is 0 Å². The van der Waals surface area contributed by atoms with Crippen LogP contribution >= 0.6 is 39.1 Å². The van der Waals surface area contributed by atoms with Gasteiger partial charge in [-0.05, 0) is 78.6 Å². The van der Waals surface area contributed by atoms with Crippen molar-refractivity contribution in [1.82, 2.24) is 0 Å². The number of unbranched alkanes of at least 4 members (excludes halogenated alkanes) is 12. The lowest BCUT2D eigenvalue weighted by atomic mass is 9.86. The van der Waals surface area contributed by atoms with Crippen molar-refractivity contribution in [3.05, 3.63) is 0 Å². The number of ether oxygens (including phenoxy) is 13. The number of hydrogen-bond acceptors (Lipinski definition) is 40. The fourth-order valence-corrected chi connectivity index (χ4v) is 18.5. The first-order chi connectivity index (χ1) is 60.0. The second-order valence-corrected chi connectivity index (χ2v) is 40.7. The number of rotatable bonds is 69. The highest BCUT2D eigenvalue weighted by Gasteiger charge is 2.49. The Morgan fingerprint density at radius 3 is 0.969 bits per heavy atom. The Morgan fingerprint density at radius 1 is 0.315 bits per heavy atom. The van der Waals surface area contributed by atoms with Gasteiger partial charge in [-0.15, -0.1) is 0 Å². The summed E-state index contributed by atoms with van der Waals surface area (Å²) < 4.78 is 192. The van der Waals surface area contributed by atoms with Gasteiger partial charge in [0, 0.05) is 88.6 Å². The topological polar surface area (TPSA) is 632 Å². The summed E-state index contributed by atoms with van der Waals surface area (Å²) in [6.45, 7) is 6.08. The molecule has 0 radical (unpaired) electrons. The van der Waals surface area contributed by atoms with Gasteiger partial charge in [-0.3, -0.25) is 59.6 Å². The van der Waals surface area contributed by atoms with Crippen LogP contribution in [0, 0.1) is 23.7 Å². The maximum Gasteiger partial charge on any atom is 0.472 e. The van der Waals surface area contributed by atoms with Gasteiger partial charge in [0.25, 0.3) is 0 Å². The van der Waals surface area contributed by atoms with Crippen molar-refractivity contribution in [3.8, 4) is 0 Å². The van der Waals surface area contributed by atoms with E-state index in [0.717, 1.165) is 19.3 Å². The van der Waals surface area contributed by atoms with Crippen LogP contribution in [0.4, 0.5) is 0 Å². The molecular formula is C77H143O45P5. The van der Waals surface area contributed by atoms with Gasteiger partial charge >= 0.3 is 39.1 Å². The smallest absolute Gasteiger partial charge is 0.394 e. The molecule has 0 aromatic heterocycles. The molecule has 29 atom stereocenters. The zero-order chi connectivity index (χ0) is 93.6. The predicted octanol–water partition coefficient (Wildman–Crippen LogP) is 5.41. The van der Waals surface area contributed by atoms with E-state index in [0.29, 0.717) is 83.5 Å². The summed E-state index contributed by atoms with van der Waals surface area (Å²) in [7, 11) is -24.7. The highest BCUT2D eigenvalue weighted by molar-refractivity contribution is 7.48. The van der Waals surface area contributed by atoms with Crippen LogP contribution in [0.5, 0.6) is 0 Å². The Kier molecular flexibility index (Phi) is 52.6. The molecule has 0 aromatic rings. The molecule has 6 aliphatic heterocycles. The van der Waals surface area contributed by atoms with E-state index in [1.807, 2.05) is 20.8 Å². The number of aliphatic hydroxyl groups excluding tert-OH is 9. The Bertz CT molecular complexity index is 3350. The Balaban J connectivity index is 0.910. The van der Waals surface area contributed by atoms with Crippen molar-refractivity contribution >= 4 is 56.5 Å². The fraction of sp³-hybridized carbons (Fsp3) is 0.961. The first-order valence-electron chi connectivity index (χ1n) is 43.9. The van der Waals surface area contributed by atoms with E-state index >= 15 is 0 Å². The minimum atomic E-state index is -5.06. The van der Waals surface area contributed by atoms with E-state index in [4.69, 9.17) is 107 Å². The van der Waals surface area contributed by atoms with Crippen LogP contribution in [0.3, 0.4) is 0 Å². The third-order valence-electron chi connectivity index (χ3n) is 21.8. The minimum Gasteiger partial charge on any atom is -0.394 e. The molecule has 6 heterocycles. The van der Waals surface area contributed by atoms with Gasteiger partial charge in [0.15, 0.2) is 55.1 Å². The third-order valence-corrected chi connectivity index (χ3v) is 26.9. The normalized spacial score (nSPS) is 32.6. The average Bonchev–Trinajstić information content (AvgIpc) is 1.82. The molecule has 6 fully saturated rings. The van der Waals surface area contributed by atoms with E-state index in [1.54, 1.807) is 27.7 Å². The van der Waals surface area contributed by atoms with Crippen molar-refractivity contribution in [2.24, 2.45) is 23.7 Å². The molecule has 0 spiro atoms. The van der Waals surface area contributed by atoms with E-state index in [1.165, 1.54) is 0 Å². The zero-order valence-corrected chi connectivity index (χ0v) is 78.2. The van der Waals surface area contributed by atoms with Gasteiger partial charge < -0.3 is 132 Å². The summed E-state index contributed by atoms with van der Waals surface area (Å²) in [6.07, 6.45) is -12.5. The molecule has 6 rings (SSSR count). The molecule has 746 valence electrons. The highest BCUT2D eigenvalue weighted by Crippen LogP contribution is 2.52. The molecule has 6 saturated heterocycles. The maximum absolute atomic E-state index is 13.4. The molecule has 14 N–H and O–H groups in total. The molecule has 0 saturated carbocycles. The zero-order valence-electron chi connectivity index (χ0n) is 73.7. The molecule has 0 amide bonds. The summed E-state index contributed by atoms with van der Waals surface area (Å²) in [4.78, 5) is 91.2. The van der Waals surface area contributed by atoms with Crippen LogP contribution in [0.25, 0.3) is 0 Å². The monoisotopic (exact) mass is 1940 g/mol. The quantitative estimate of drug-likeness (QED) is 0.0267. The number of phosphoric acid groups is 5. The number of carbonyl (C=O) groups excluding carboxylic acids is 3. The summed E-state index contributed by atoms with van der Waals surface area (Å²) in [5.41, 5.74) is -0.473. The lowest BCUT2D eigenvalue weighted by Gasteiger charge is -2.41. The largest absolute Gasteiger partial charge is 0.472 e. The molecule has 6 aliphatic rings. The number of aliphatic hydroxyl groups is 9. The first kappa shape index (κ1) is 114. The summed E-state index contributed by atoms with van der Waals surface area (Å²) in [5.74, 6) is -2.52. The second-order valence-electron chi connectivity index (χ2n) is 33.6. The average molecular weight is 1940 g/mol.